The topological polar surface area (TPSA) is 38.2 Å². The molecule has 0 saturated carbocycles. The maximum absolute atomic E-state index is 5.36. The summed E-state index contributed by atoms with van der Waals surface area (Å²) in [7, 11) is 0. The zero-order valence-electron chi connectivity index (χ0n) is 8.97. The number of aromatic nitrogens is 2. The van der Waals surface area contributed by atoms with Crippen LogP contribution in [0.2, 0.25) is 0 Å². The molecule has 1 fully saturated rings. The number of para-hydroxylation sites is 1. The fraction of sp³-hybridized carbons (Fsp3) is 0.333. The highest BCUT2D eigenvalue weighted by Crippen LogP contribution is 2.24. The van der Waals surface area contributed by atoms with E-state index in [0.29, 0.717) is 0 Å². The van der Waals surface area contributed by atoms with Crippen molar-refractivity contribution in [2.45, 2.75) is 0 Å². The number of hydrogen-bond acceptors (Lipinski definition) is 4. The molecule has 1 aliphatic heterocycles. The second kappa shape index (κ2) is 4.06. The van der Waals surface area contributed by atoms with E-state index in [0.717, 1.165) is 37.2 Å². The lowest BCUT2D eigenvalue weighted by molar-refractivity contribution is 0.123. The molecule has 0 aliphatic carbocycles. The Balaban J connectivity index is 2.08. The number of benzene rings is 1. The summed E-state index contributed by atoms with van der Waals surface area (Å²) in [5.74, 6) is 0. The third-order valence-corrected chi connectivity index (χ3v) is 2.86. The van der Waals surface area contributed by atoms with Crippen LogP contribution < -0.4 is 4.90 Å². The van der Waals surface area contributed by atoms with Crippen molar-refractivity contribution in [1.29, 1.82) is 0 Å². The first-order chi connectivity index (χ1) is 7.95. The number of anilines is 1. The van der Waals surface area contributed by atoms with Crippen LogP contribution in [-0.2, 0) is 4.74 Å². The van der Waals surface area contributed by atoms with E-state index in [2.05, 4.69) is 27.0 Å². The van der Waals surface area contributed by atoms with Gasteiger partial charge in [0.15, 0.2) is 0 Å². The minimum absolute atomic E-state index is 0.793. The summed E-state index contributed by atoms with van der Waals surface area (Å²) in [5.41, 5.74) is 2.21. The smallest absolute Gasteiger partial charge is 0.116 e. The van der Waals surface area contributed by atoms with E-state index >= 15 is 0 Å². The molecule has 82 valence electrons. The molecule has 2 heterocycles. The predicted molar refractivity (Wildman–Crippen MR) is 62.6 cm³/mol. The summed E-state index contributed by atoms with van der Waals surface area (Å²) in [6, 6.07) is 6.20. The van der Waals surface area contributed by atoms with Gasteiger partial charge < -0.3 is 9.64 Å². The Kier molecular flexibility index (Phi) is 2.42. The molecule has 4 heteroatoms. The molecule has 1 aromatic carbocycles. The normalized spacial score (nSPS) is 16.6. The maximum atomic E-state index is 5.36. The molecule has 0 radical (unpaired) electrons. The molecule has 0 amide bonds. The third kappa shape index (κ3) is 1.61. The van der Waals surface area contributed by atoms with Gasteiger partial charge >= 0.3 is 0 Å². The molecular weight excluding hydrogens is 202 g/mol. The zero-order valence-corrected chi connectivity index (χ0v) is 8.97. The number of nitrogens with zero attached hydrogens (tertiary/aromatic N) is 3. The van der Waals surface area contributed by atoms with Gasteiger partial charge in [0.2, 0.25) is 0 Å². The fourth-order valence-electron chi connectivity index (χ4n) is 2.06. The lowest BCUT2D eigenvalue weighted by Crippen LogP contribution is -2.36. The Labute approximate surface area is 93.9 Å². The van der Waals surface area contributed by atoms with Gasteiger partial charge in [-0.2, -0.15) is 0 Å². The molecular formula is C12H13N3O. The van der Waals surface area contributed by atoms with Crippen LogP contribution in [0.15, 0.2) is 30.7 Å². The average Bonchev–Trinajstić information content (AvgIpc) is 2.39. The van der Waals surface area contributed by atoms with Gasteiger partial charge in [-0.3, -0.25) is 0 Å². The zero-order chi connectivity index (χ0) is 10.8. The number of hydrogen-bond donors (Lipinski definition) is 0. The van der Waals surface area contributed by atoms with Crippen molar-refractivity contribution >= 4 is 16.6 Å². The molecule has 1 aromatic heterocycles. The van der Waals surface area contributed by atoms with Crippen molar-refractivity contribution in [3.8, 4) is 0 Å². The van der Waals surface area contributed by atoms with E-state index in [1.807, 2.05) is 12.3 Å². The quantitative estimate of drug-likeness (QED) is 0.722. The van der Waals surface area contributed by atoms with Crippen LogP contribution in [0.5, 0.6) is 0 Å². The molecule has 4 nitrogen and oxygen atoms in total. The van der Waals surface area contributed by atoms with Crippen LogP contribution >= 0.6 is 0 Å². The molecule has 1 aliphatic rings. The molecule has 3 rings (SSSR count). The van der Waals surface area contributed by atoms with E-state index < -0.39 is 0 Å². The van der Waals surface area contributed by atoms with E-state index in [4.69, 9.17) is 4.74 Å². The first kappa shape index (κ1) is 9.54. The molecule has 0 N–H and O–H groups in total. The van der Waals surface area contributed by atoms with Gasteiger partial charge in [-0.05, 0) is 6.07 Å². The Morgan fingerprint density at radius 2 is 2.06 bits per heavy atom. The third-order valence-electron chi connectivity index (χ3n) is 2.86. The van der Waals surface area contributed by atoms with E-state index in [-0.39, 0.29) is 0 Å². The van der Waals surface area contributed by atoms with Crippen LogP contribution in [0.1, 0.15) is 0 Å². The minimum Gasteiger partial charge on any atom is -0.378 e. The Morgan fingerprint density at radius 1 is 1.19 bits per heavy atom. The molecule has 16 heavy (non-hydrogen) atoms. The van der Waals surface area contributed by atoms with Gasteiger partial charge in [0, 0.05) is 24.7 Å². The van der Waals surface area contributed by atoms with Crippen molar-refractivity contribution in [2.24, 2.45) is 0 Å². The molecule has 0 atom stereocenters. The number of morpholine rings is 1. The molecule has 2 aromatic rings. The lowest BCUT2D eigenvalue weighted by Gasteiger charge is -2.29. The SMILES string of the molecule is c1cc(N2CCOCC2)c2ncncc2c1. The summed E-state index contributed by atoms with van der Waals surface area (Å²) in [4.78, 5) is 10.7. The Hall–Kier alpha value is -1.68. The first-order valence-corrected chi connectivity index (χ1v) is 5.46. The van der Waals surface area contributed by atoms with Crippen molar-refractivity contribution in [3.63, 3.8) is 0 Å². The summed E-state index contributed by atoms with van der Waals surface area (Å²) in [5, 5.41) is 1.09. The molecule has 0 spiro atoms. The lowest BCUT2D eigenvalue weighted by atomic mass is 10.2. The van der Waals surface area contributed by atoms with Crippen LogP contribution in [0, 0.1) is 0 Å². The second-order valence-electron chi connectivity index (χ2n) is 3.84. The second-order valence-corrected chi connectivity index (χ2v) is 3.84. The predicted octanol–water partition coefficient (Wildman–Crippen LogP) is 1.47. The van der Waals surface area contributed by atoms with Gasteiger partial charge in [-0.1, -0.05) is 12.1 Å². The molecule has 1 saturated heterocycles. The minimum atomic E-state index is 0.793. The molecule has 0 unspecified atom stereocenters. The van der Waals surface area contributed by atoms with Crippen LogP contribution in [-0.4, -0.2) is 36.3 Å². The molecule has 0 bridgehead atoms. The van der Waals surface area contributed by atoms with Crippen molar-refractivity contribution in [2.75, 3.05) is 31.2 Å². The summed E-state index contributed by atoms with van der Waals surface area (Å²) in [6.07, 6.45) is 3.46. The van der Waals surface area contributed by atoms with Crippen molar-refractivity contribution in [3.05, 3.63) is 30.7 Å². The van der Waals surface area contributed by atoms with Gasteiger partial charge in [0.1, 0.15) is 6.33 Å². The summed E-state index contributed by atoms with van der Waals surface area (Å²) < 4.78 is 5.36. The average molecular weight is 215 g/mol. The largest absolute Gasteiger partial charge is 0.378 e. The van der Waals surface area contributed by atoms with Gasteiger partial charge in [-0.15, -0.1) is 0 Å². The Bertz CT molecular complexity index is 489. The van der Waals surface area contributed by atoms with Crippen molar-refractivity contribution < 1.29 is 4.74 Å². The van der Waals surface area contributed by atoms with E-state index in [1.165, 1.54) is 5.69 Å². The monoisotopic (exact) mass is 215 g/mol. The number of fused-ring (bicyclic) bond motifs is 1. The van der Waals surface area contributed by atoms with Crippen LogP contribution in [0.4, 0.5) is 5.69 Å². The maximum Gasteiger partial charge on any atom is 0.116 e. The van der Waals surface area contributed by atoms with Gasteiger partial charge in [-0.25, -0.2) is 9.97 Å². The Morgan fingerprint density at radius 3 is 2.94 bits per heavy atom. The van der Waals surface area contributed by atoms with Crippen molar-refractivity contribution in [1.82, 2.24) is 9.97 Å². The van der Waals surface area contributed by atoms with Gasteiger partial charge in [0.25, 0.3) is 0 Å². The highest BCUT2D eigenvalue weighted by Gasteiger charge is 2.13. The van der Waals surface area contributed by atoms with E-state index in [9.17, 15) is 0 Å². The van der Waals surface area contributed by atoms with E-state index in [1.54, 1.807) is 6.33 Å². The fourth-order valence-corrected chi connectivity index (χ4v) is 2.06. The summed E-state index contributed by atoms with van der Waals surface area (Å²) in [6.45, 7) is 3.45. The standard InChI is InChI=1S/C12H13N3O/c1-2-10-8-13-9-14-12(10)11(3-1)15-4-6-16-7-5-15/h1-3,8-9H,4-7H2. The van der Waals surface area contributed by atoms with Crippen LogP contribution in [0.25, 0.3) is 10.9 Å². The highest BCUT2D eigenvalue weighted by atomic mass is 16.5. The van der Waals surface area contributed by atoms with Crippen LogP contribution in [0.3, 0.4) is 0 Å². The number of ether oxygens (including phenoxy) is 1. The summed E-state index contributed by atoms with van der Waals surface area (Å²) >= 11 is 0. The van der Waals surface area contributed by atoms with Gasteiger partial charge in [0.05, 0.1) is 24.4 Å². The number of rotatable bonds is 1. The highest BCUT2D eigenvalue weighted by molar-refractivity contribution is 5.90. The first-order valence-electron chi connectivity index (χ1n) is 5.46.